The van der Waals surface area contributed by atoms with Crippen LogP contribution in [0.4, 0.5) is 0 Å². The van der Waals surface area contributed by atoms with Crippen molar-refractivity contribution in [1.82, 2.24) is 15.1 Å². The lowest BCUT2D eigenvalue weighted by Gasteiger charge is -2.30. The Hall–Kier alpha value is -0.120. The van der Waals surface area contributed by atoms with Crippen LogP contribution in [-0.2, 0) is 0 Å². The van der Waals surface area contributed by atoms with E-state index in [4.69, 9.17) is 0 Å². The van der Waals surface area contributed by atoms with Crippen molar-refractivity contribution in [2.24, 2.45) is 5.92 Å². The summed E-state index contributed by atoms with van der Waals surface area (Å²) in [6.45, 7) is 10.2. The third kappa shape index (κ3) is 3.55. The number of rotatable bonds is 5. The summed E-state index contributed by atoms with van der Waals surface area (Å²) in [5, 5.41) is 3.80. The molecule has 0 radical (unpaired) electrons. The van der Waals surface area contributed by atoms with Gasteiger partial charge in [-0.15, -0.1) is 0 Å². The highest BCUT2D eigenvalue weighted by Crippen LogP contribution is 2.28. The molecule has 1 N–H and O–H groups in total. The second-order valence-corrected chi connectivity index (χ2v) is 7.20. The van der Waals surface area contributed by atoms with E-state index in [9.17, 15) is 0 Å². The average Bonchev–Trinajstić information content (AvgIpc) is 3.03. The number of hydrogen-bond acceptors (Lipinski definition) is 3. The van der Waals surface area contributed by atoms with Gasteiger partial charge in [0.25, 0.3) is 0 Å². The molecule has 3 heteroatoms. The lowest BCUT2D eigenvalue weighted by atomic mass is 10.0. The SMILES string of the molecule is CCCNC1CCCC1CN1CCCN2CCCC2C1. The van der Waals surface area contributed by atoms with Crippen molar-refractivity contribution in [3.05, 3.63) is 0 Å². The molecular weight excluding hydrogens is 246 g/mol. The summed E-state index contributed by atoms with van der Waals surface area (Å²) in [7, 11) is 0. The van der Waals surface area contributed by atoms with Crippen LogP contribution < -0.4 is 5.32 Å². The Labute approximate surface area is 125 Å². The molecular formula is C17H33N3. The largest absolute Gasteiger partial charge is 0.314 e. The molecule has 20 heavy (non-hydrogen) atoms. The first-order valence-electron chi connectivity index (χ1n) is 9.06. The molecule has 2 heterocycles. The molecule has 3 rings (SSSR count). The minimum absolute atomic E-state index is 0.804. The number of hydrogen-bond donors (Lipinski definition) is 1. The van der Waals surface area contributed by atoms with Crippen LogP contribution in [0.2, 0.25) is 0 Å². The van der Waals surface area contributed by atoms with E-state index in [1.54, 1.807) is 0 Å². The molecule has 2 aliphatic heterocycles. The predicted molar refractivity (Wildman–Crippen MR) is 85.1 cm³/mol. The normalized spacial score (nSPS) is 36.1. The maximum Gasteiger partial charge on any atom is 0.0223 e. The van der Waals surface area contributed by atoms with Gasteiger partial charge in [0.1, 0.15) is 0 Å². The molecule has 0 aromatic rings. The zero-order valence-electron chi connectivity index (χ0n) is 13.3. The first-order chi connectivity index (χ1) is 9.86. The Morgan fingerprint density at radius 2 is 1.90 bits per heavy atom. The number of fused-ring (bicyclic) bond motifs is 1. The molecule has 0 bridgehead atoms. The molecule has 0 aromatic carbocycles. The molecule has 1 saturated carbocycles. The van der Waals surface area contributed by atoms with Crippen molar-refractivity contribution in [2.45, 2.75) is 64.0 Å². The van der Waals surface area contributed by atoms with Crippen LogP contribution in [0.15, 0.2) is 0 Å². The second-order valence-electron chi connectivity index (χ2n) is 7.20. The van der Waals surface area contributed by atoms with E-state index >= 15 is 0 Å². The van der Waals surface area contributed by atoms with E-state index in [1.807, 2.05) is 0 Å². The Morgan fingerprint density at radius 3 is 2.80 bits per heavy atom. The van der Waals surface area contributed by atoms with Gasteiger partial charge < -0.3 is 10.2 Å². The maximum atomic E-state index is 3.80. The summed E-state index contributed by atoms with van der Waals surface area (Å²) in [5.74, 6) is 0.912. The summed E-state index contributed by atoms with van der Waals surface area (Å²) in [5.41, 5.74) is 0. The summed E-state index contributed by atoms with van der Waals surface area (Å²) in [6.07, 6.45) is 9.83. The number of nitrogens with zero attached hydrogens (tertiary/aromatic N) is 2. The zero-order valence-corrected chi connectivity index (χ0v) is 13.3. The first kappa shape index (κ1) is 14.8. The van der Waals surface area contributed by atoms with Gasteiger partial charge in [-0.2, -0.15) is 0 Å². The van der Waals surface area contributed by atoms with Gasteiger partial charge in [0.2, 0.25) is 0 Å². The fourth-order valence-corrected chi connectivity index (χ4v) is 4.63. The Kier molecular flexibility index (Phi) is 5.36. The summed E-state index contributed by atoms with van der Waals surface area (Å²) >= 11 is 0. The standard InChI is InChI=1S/C17H33N3/c1-2-9-18-17-8-3-6-15(17)13-19-10-5-12-20-11-4-7-16(20)14-19/h15-18H,2-14H2,1H3. The Balaban J connectivity index is 1.51. The van der Waals surface area contributed by atoms with Gasteiger partial charge in [0.05, 0.1) is 0 Å². The van der Waals surface area contributed by atoms with E-state index in [0.717, 1.165) is 18.0 Å². The quantitative estimate of drug-likeness (QED) is 0.833. The third-order valence-corrected chi connectivity index (χ3v) is 5.70. The zero-order chi connectivity index (χ0) is 13.8. The molecule has 3 fully saturated rings. The van der Waals surface area contributed by atoms with Gasteiger partial charge in [-0.3, -0.25) is 4.90 Å². The van der Waals surface area contributed by atoms with Gasteiger partial charge in [-0.25, -0.2) is 0 Å². The highest BCUT2D eigenvalue weighted by molar-refractivity contribution is 4.89. The lowest BCUT2D eigenvalue weighted by molar-refractivity contribution is 0.188. The van der Waals surface area contributed by atoms with Gasteiger partial charge in [0, 0.05) is 25.2 Å². The molecule has 3 unspecified atom stereocenters. The molecule has 3 aliphatic rings. The molecule has 3 nitrogen and oxygen atoms in total. The predicted octanol–water partition coefficient (Wildman–Crippen LogP) is 2.32. The molecule has 3 atom stereocenters. The number of nitrogens with one attached hydrogen (secondary N) is 1. The van der Waals surface area contributed by atoms with Gasteiger partial charge in [-0.1, -0.05) is 13.3 Å². The van der Waals surface area contributed by atoms with E-state index in [-0.39, 0.29) is 0 Å². The summed E-state index contributed by atoms with van der Waals surface area (Å²) < 4.78 is 0. The summed E-state index contributed by atoms with van der Waals surface area (Å²) in [6, 6.07) is 1.68. The van der Waals surface area contributed by atoms with Crippen LogP contribution in [0.3, 0.4) is 0 Å². The summed E-state index contributed by atoms with van der Waals surface area (Å²) in [4.78, 5) is 5.55. The maximum absolute atomic E-state index is 3.80. The Bertz CT molecular complexity index is 294. The molecule has 0 spiro atoms. The Morgan fingerprint density at radius 1 is 1.00 bits per heavy atom. The van der Waals surface area contributed by atoms with Crippen molar-refractivity contribution in [3.8, 4) is 0 Å². The minimum atomic E-state index is 0.804. The molecule has 2 saturated heterocycles. The van der Waals surface area contributed by atoms with Crippen molar-refractivity contribution in [3.63, 3.8) is 0 Å². The van der Waals surface area contributed by atoms with Gasteiger partial charge in [-0.05, 0) is 70.6 Å². The van der Waals surface area contributed by atoms with Crippen molar-refractivity contribution in [2.75, 3.05) is 39.3 Å². The topological polar surface area (TPSA) is 18.5 Å². The van der Waals surface area contributed by atoms with Crippen LogP contribution in [0, 0.1) is 5.92 Å². The molecule has 1 aliphatic carbocycles. The van der Waals surface area contributed by atoms with Crippen LogP contribution in [0.1, 0.15) is 51.9 Å². The first-order valence-corrected chi connectivity index (χ1v) is 9.06. The molecule has 0 aromatic heterocycles. The molecule has 0 amide bonds. The van der Waals surface area contributed by atoms with Crippen LogP contribution >= 0.6 is 0 Å². The second kappa shape index (κ2) is 7.24. The van der Waals surface area contributed by atoms with Crippen molar-refractivity contribution in [1.29, 1.82) is 0 Å². The van der Waals surface area contributed by atoms with Crippen LogP contribution in [-0.4, -0.2) is 61.2 Å². The lowest BCUT2D eigenvalue weighted by Crippen LogP contribution is -2.42. The van der Waals surface area contributed by atoms with Gasteiger partial charge >= 0.3 is 0 Å². The van der Waals surface area contributed by atoms with Crippen LogP contribution in [0.5, 0.6) is 0 Å². The third-order valence-electron chi connectivity index (χ3n) is 5.70. The van der Waals surface area contributed by atoms with Crippen molar-refractivity contribution >= 4 is 0 Å². The van der Waals surface area contributed by atoms with Gasteiger partial charge in [0.15, 0.2) is 0 Å². The molecule has 116 valence electrons. The van der Waals surface area contributed by atoms with E-state index in [2.05, 4.69) is 22.0 Å². The fourth-order valence-electron chi connectivity index (χ4n) is 4.63. The van der Waals surface area contributed by atoms with E-state index < -0.39 is 0 Å². The minimum Gasteiger partial charge on any atom is -0.314 e. The highest BCUT2D eigenvalue weighted by Gasteiger charge is 2.32. The van der Waals surface area contributed by atoms with E-state index in [0.29, 0.717) is 0 Å². The smallest absolute Gasteiger partial charge is 0.0223 e. The highest BCUT2D eigenvalue weighted by atomic mass is 15.3. The van der Waals surface area contributed by atoms with E-state index in [1.165, 1.54) is 84.2 Å². The van der Waals surface area contributed by atoms with Crippen molar-refractivity contribution < 1.29 is 0 Å². The van der Waals surface area contributed by atoms with Crippen LogP contribution in [0.25, 0.3) is 0 Å². The monoisotopic (exact) mass is 279 g/mol. The average molecular weight is 279 g/mol. The fraction of sp³-hybridized carbons (Fsp3) is 1.00.